The molecule has 2 rings (SSSR count). The lowest BCUT2D eigenvalue weighted by Gasteiger charge is -2.18. The van der Waals surface area contributed by atoms with Crippen LogP contribution >= 0.6 is 0 Å². The van der Waals surface area contributed by atoms with Crippen LogP contribution in [0.5, 0.6) is 5.75 Å². The van der Waals surface area contributed by atoms with Crippen molar-refractivity contribution in [2.75, 3.05) is 7.11 Å². The number of carbonyl (C=O) groups is 2. The summed E-state index contributed by atoms with van der Waals surface area (Å²) in [5.41, 5.74) is 1.01. The van der Waals surface area contributed by atoms with Crippen LogP contribution in [-0.2, 0) is 9.53 Å². The lowest BCUT2D eigenvalue weighted by atomic mass is 10.0. The zero-order valence-corrected chi connectivity index (χ0v) is 13.4. The van der Waals surface area contributed by atoms with Crippen molar-refractivity contribution >= 4 is 11.9 Å². The van der Waals surface area contributed by atoms with Gasteiger partial charge in [-0.25, -0.2) is 0 Å². The van der Waals surface area contributed by atoms with Gasteiger partial charge in [0, 0.05) is 5.56 Å². The molecule has 1 unspecified atom stereocenters. The van der Waals surface area contributed by atoms with Gasteiger partial charge in [0.15, 0.2) is 0 Å². The number of benzene rings is 2. The third-order valence-corrected chi connectivity index (χ3v) is 3.45. The van der Waals surface area contributed by atoms with Crippen LogP contribution in [0.15, 0.2) is 54.6 Å². The number of hydrogen-bond donors (Lipinski definition) is 1. The number of nitrogens with one attached hydrogen (secondary N) is 1. The highest BCUT2D eigenvalue weighted by atomic mass is 19.3. The van der Waals surface area contributed by atoms with Gasteiger partial charge in [0.2, 0.25) is 0 Å². The van der Waals surface area contributed by atoms with E-state index in [0.29, 0.717) is 0 Å². The molecule has 0 spiro atoms. The second kappa shape index (κ2) is 8.77. The molecule has 2 aromatic carbocycles. The fraction of sp³-hybridized carbons (Fsp3) is 0.222. The molecule has 0 radical (unpaired) electrons. The van der Waals surface area contributed by atoms with Crippen molar-refractivity contribution in [2.45, 2.75) is 19.1 Å². The highest BCUT2D eigenvalue weighted by Crippen LogP contribution is 2.19. The average Bonchev–Trinajstić information content (AvgIpc) is 2.61. The van der Waals surface area contributed by atoms with Gasteiger partial charge < -0.3 is 14.8 Å². The predicted octanol–water partition coefficient (Wildman–Crippen LogP) is 3.32. The molecule has 0 aliphatic rings. The van der Waals surface area contributed by atoms with E-state index in [4.69, 9.17) is 0 Å². The van der Waals surface area contributed by atoms with Crippen LogP contribution in [0.25, 0.3) is 0 Å². The Bertz CT molecular complexity index is 705. The Labute approximate surface area is 143 Å². The van der Waals surface area contributed by atoms with Crippen LogP contribution in [-0.4, -0.2) is 25.6 Å². The van der Waals surface area contributed by atoms with E-state index >= 15 is 0 Å². The van der Waals surface area contributed by atoms with Crippen molar-refractivity contribution in [3.63, 3.8) is 0 Å². The molecule has 0 aromatic heterocycles. The average molecular weight is 349 g/mol. The predicted molar refractivity (Wildman–Crippen MR) is 86.4 cm³/mol. The maximum Gasteiger partial charge on any atom is 0.387 e. The molecule has 1 amide bonds. The number of amides is 1. The molecule has 0 saturated carbocycles. The minimum absolute atomic E-state index is 0.0289. The number of carbonyl (C=O) groups excluding carboxylic acids is 2. The number of halogens is 2. The Kier molecular flexibility index (Phi) is 6.45. The molecular weight excluding hydrogens is 332 g/mol. The van der Waals surface area contributed by atoms with Crippen LogP contribution in [0.3, 0.4) is 0 Å². The van der Waals surface area contributed by atoms with Crippen LogP contribution in [0.4, 0.5) is 8.78 Å². The summed E-state index contributed by atoms with van der Waals surface area (Å²) in [5.74, 6) is -0.947. The molecule has 0 heterocycles. The van der Waals surface area contributed by atoms with Gasteiger partial charge in [0.1, 0.15) is 5.75 Å². The Morgan fingerprint density at radius 2 is 1.68 bits per heavy atom. The Balaban J connectivity index is 2.12. The smallest absolute Gasteiger partial charge is 0.387 e. The molecule has 0 bridgehead atoms. The summed E-state index contributed by atoms with van der Waals surface area (Å²) in [6.45, 7) is -2.93. The van der Waals surface area contributed by atoms with Gasteiger partial charge in [-0.3, -0.25) is 9.59 Å². The maximum atomic E-state index is 12.4. The third-order valence-electron chi connectivity index (χ3n) is 3.45. The minimum atomic E-state index is -2.93. The van der Waals surface area contributed by atoms with Crippen molar-refractivity contribution in [3.8, 4) is 5.75 Å². The van der Waals surface area contributed by atoms with Gasteiger partial charge >= 0.3 is 12.6 Å². The Morgan fingerprint density at radius 1 is 1.04 bits per heavy atom. The van der Waals surface area contributed by atoms with Crippen LogP contribution in [0.1, 0.15) is 28.4 Å². The first kappa shape index (κ1) is 18.4. The first-order valence-electron chi connectivity index (χ1n) is 7.47. The van der Waals surface area contributed by atoms with Crippen LogP contribution < -0.4 is 10.1 Å². The lowest BCUT2D eigenvalue weighted by molar-refractivity contribution is -0.141. The monoisotopic (exact) mass is 349 g/mol. The van der Waals surface area contributed by atoms with Crippen LogP contribution in [0, 0.1) is 0 Å². The summed E-state index contributed by atoms with van der Waals surface area (Å²) >= 11 is 0. The standard InChI is InChI=1S/C18H17F2NO4/c1-24-16(22)11-15(12-5-3-2-4-6-12)21-17(23)13-7-9-14(10-8-13)25-18(19)20/h2-10,15,18H,11H2,1H3,(H,21,23). The second-order valence-electron chi connectivity index (χ2n) is 5.12. The van der Waals surface area contributed by atoms with Crippen molar-refractivity contribution < 1.29 is 27.8 Å². The van der Waals surface area contributed by atoms with E-state index in [1.54, 1.807) is 24.3 Å². The van der Waals surface area contributed by atoms with E-state index in [1.807, 2.05) is 6.07 Å². The molecule has 25 heavy (non-hydrogen) atoms. The van der Waals surface area contributed by atoms with Gasteiger partial charge in [-0.2, -0.15) is 8.78 Å². The SMILES string of the molecule is COC(=O)CC(NC(=O)c1ccc(OC(F)F)cc1)c1ccccc1. The third kappa shape index (κ3) is 5.56. The van der Waals surface area contributed by atoms with Gasteiger partial charge in [0.05, 0.1) is 19.6 Å². The fourth-order valence-corrected chi connectivity index (χ4v) is 2.22. The number of ether oxygens (including phenoxy) is 2. The van der Waals surface area contributed by atoms with Crippen LogP contribution in [0.2, 0.25) is 0 Å². The summed E-state index contributed by atoms with van der Waals surface area (Å²) in [4.78, 5) is 24.0. The molecule has 1 N–H and O–H groups in total. The molecule has 7 heteroatoms. The van der Waals surface area contributed by atoms with Gasteiger partial charge in [-0.1, -0.05) is 30.3 Å². The lowest BCUT2D eigenvalue weighted by Crippen LogP contribution is -2.30. The Hall–Kier alpha value is -2.96. The van der Waals surface area contributed by atoms with Crippen molar-refractivity contribution in [1.82, 2.24) is 5.32 Å². The topological polar surface area (TPSA) is 64.6 Å². The van der Waals surface area contributed by atoms with E-state index in [-0.39, 0.29) is 17.7 Å². The van der Waals surface area contributed by atoms with Crippen molar-refractivity contribution in [1.29, 1.82) is 0 Å². The molecule has 132 valence electrons. The number of hydrogen-bond acceptors (Lipinski definition) is 4. The zero-order valence-electron chi connectivity index (χ0n) is 13.4. The summed E-state index contributed by atoms with van der Waals surface area (Å²) in [6.07, 6.45) is -0.0289. The number of rotatable bonds is 7. The summed E-state index contributed by atoms with van der Waals surface area (Å²) in [7, 11) is 1.27. The highest BCUT2D eigenvalue weighted by Gasteiger charge is 2.19. The summed E-state index contributed by atoms with van der Waals surface area (Å²) < 4.78 is 33.2. The van der Waals surface area contributed by atoms with E-state index in [1.165, 1.54) is 31.4 Å². The van der Waals surface area contributed by atoms with Gasteiger partial charge in [0.25, 0.3) is 5.91 Å². The quantitative estimate of drug-likeness (QED) is 0.779. The molecule has 2 aromatic rings. The minimum Gasteiger partial charge on any atom is -0.469 e. The molecule has 1 atom stereocenters. The normalized spacial score (nSPS) is 11.7. The van der Waals surface area contributed by atoms with E-state index in [0.717, 1.165) is 5.56 Å². The number of methoxy groups -OCH3 is 1. The highest BCUT2D eigenvalue weighted by molar-refractivity contribution is 5.94. The van der Waals surface area contributed by atoms with E-state index in [9.17, 15) is 18.4 Å². The molecule has 0 aliphatic heterocycles. The first-order chi connectivity index (χ1) is 12.0. The fourth-order valence-electron chi connectivity index (χ4n) is 2.22. The molecule has 5 nitrogen and oxygen atoms in total. The summed E-state index contributed by atoms with van der Waals surface area (Å²) in [6, 6.07) is 13.7. The summed E-state index contributed by atoms with van der Waals surface area (Å²) in [5, 5.41) is 2.75. The van der Waals surface area contributed by atoms with Crippen molar-refractivity contribution in [3.05, 3.63) is 65.7 Å². The largest absolute Gasteiger partial charge is 0.469 e. The first-order valence-corrected chi connectivity index (χ1v) is 7.47. The maximum absolute atomic E-state index is 12.4. The van der Waals surface area contributed by atoms with Gasteiger partial charge in [-0.15, -0.1) is 0 Å². The molecule has 0 saturated heterocycles. The molecular formula is C18H17F2NO4. The van der Waals surface area contributed by atoms with E-state index in [2.05, 4.69) is 14.8 Å². The molecule has 0 fully saturated rings. The number of esters is 1. The second-order valence-corrected chi connectivity index (χ2v) is 5.12. The zero-order chi connectivity index (χ0) is 18.2. The van der Waals surface area contributed by atoms with Crippen molar-refractivity contribution in [2.24, 2.45) is 0 Å². The van der Waals surface area contributed by atoms with E-state index < -0.39 is 24.5 Å². The molecule has 0 aliphatic carbocycles. The number of alkyl halides is 2. The Morgan fingerprint density at radius 3 is 2.24 bits per heavy atom. The van der Waals surface area contributed by atoms with Gasteiger partial charge in [-0.05, 0) is 29.8 Å².